The zero-order chi connectivity index (χ0) is 11.8. The molecule has 0 aliphatic rings. The molecule has 0 atom stereocenters. The van der Waals surface area contributed by atoms with Gasteiger partial charge in [0.2, 0.25) is 5.95 Å². The number of rotatable bonds is 1. The normalized spacial score (nSPS) is 10.9. The fourth-order valence-corrected chi connectivity index (χ4v) is 1.87. The second-order valence-corrected chi connectivity index (χ2v) is 3.96. The number of benzene rings is 1. The molecule has 0 saturated heterocycles. The Bertz CT molecular complexity index is 691. The molecule has 0 saturated carbocycles. The van der Waals surface area contributed by atoms with Gasteiger partial charge < -0.3 is 5.73 Å². The van der Waals surface area contributed by atoms with Crippen molar-refractivity contribution in [2.75, 3.05) is 5.73 Å². The van der Waals surface area contributed by atoms with Gasteiger partial charge >= 0.3 is 0 Å². The lowest BCUT2D eigenvalue weighted by Gasteiger charge is -2.03. The van der Waals surface area contributed by atoms with E-state index in [2.05, 4.69) is 15.1 Å². The zero-order valence-corrected chi connectivity index (χ0v) is 9.46. The van der Waals surface area contributed by atoms with E-state index in [4.69, 9.17) is 17.3 Å². The van der Waals surface area contributed by atoms with Crippen molar-refractivity contribution in [3.05, 3.63) is 41.6 Å². The summed E-state index contributed by atoms with van der Waals surface area (Å²) >= 11 is 5.97. The number of nitrogens with two attached hydrogens (primary N) is 1. The third kappa shape index (κ3) is 1.70. The Kier molecular flexibility index (Phi) is 2.19. The molecule has 3 aromatic rings. The van der Waals surface area contributed by atoms with E-state index in [9.17, 15) is 0 Å². The Morgan fingerprint density at radius 1 is 1.24 bits per heavy atom. The number of hydrogen-bond acceptors (Lipinski definition) is 4. The van der Waals surface area contributed by atoms with Crippen LogP contribution in [0, 0.1) is 0 Å². The number of nitrogen functional groups attached to an aromatic ring is 1. The number of nitrogens with zero attached hydrogens (tertiary/aromatic N) is 4. The van der Waals surface area contributed by atoms with Crippen molar-refractivity contribution in [2.45, 2.75) is 0 Å². The van der Waals surface area contributed by atoms with Crippen LogP contribution in [0.5, 0.6) is 0 Å². The second kappa shape index (κ2) is 3.71. The highest BCUT2D eigenvalue weighted by Gasteiger charge is 2.08. The van der Waals surface area contributed by atoms with Crippen molar-refractivity contribution in [2.24, 2.45) is 0 Å². The maximum atomic E-state index is 5.97. The van der Waals surface area contributed by atoms with Gasteiger partial charge in [-0.1, -0.05) is 23.7 Å². The highest BCUT2D eigenvalue weighted by atomic mass is 35.5. The molecule has 0 unspecified atom stereocenters. The Morgan fingerprint density at radius 3 is 2.94 bits per heavy atom. The van der Waals surface area contributed by atoms with Crippen LogP contribution in [0.3, 0.4) is 0 Å². The second-order valence-electron chi connectivity index (χ2n) is 3.52. The number of anilines is 1. The van der Waals surface area contributed by atoms with Crippen molar-refractivity contribution >= 4 is 23.3 Å². The van der Waals surface area contributed by atoms with Gasteiger partial charge in [0.15, 0.2) is 0 Å². The molecule has 3 rings (SSSR count). The predicted octanol–water partition coefficient (Wildman–Crippen LogP) is 2.03. The number of fused-ring (bicyclic) bond motifs is 1. The number of hydrogen-bond donors (Lipinski definition) is 1. The third-order valence-corrected chi connectivity index (χ3v) is 2.61. The van der Waals surface area contributed by atoms with Gasteiger partial charge in [0.1, 0.15) is 0 Å². The molecule has 0 spiro atoms. The van der Waals surface area contributed by atoms with Crippen LogP contribution in [0.25, 0.3) is 17.0 Å². The minimum atomic E-state index is 0.201. The van der Waals surface area contributed by atoms with E-state index in [1.165, 1.54) is 0 Å². The molecule has 0 amide bonds. The molecule has 2 aromatic heterocycles. The molecule has 0 aliphatic heterocycles. The maximum Gasteiger partial charge on any atom is 0.254 e. The fraction of sp³-hybridized carbons (Fsp3) is 0. The van der Waals surface area contributed by atoms with Crippen molar-refractivity contribution in [1.29, 1.82) is 0 Å². The fourth-order valence-electron chi connectivity index (χ4n) is 1.68. The summed E-state index contributed by atoms with van der Waals surface area (Å²) in [6.07, 6.45) is 1.67. The van der Waals surface area contributed by atoms with Crippen LogP contribution in [-0.2, 0) is 0 Å². The van der Waals surface area contributed by atoms with Gasteiger partial charge in [-0.05, 0) is 18.2 Å². The van der Waals surface area contributed by atoms with Gasteiger partial charge in [0.25, 0.3) is 5.78 Å². The molecular formula is C11H8ClN5. The smallest absolute Gasteiger partial charge is 0.254 e. The van der Waals surface area contributed by atoms with Crippen LogP contribution < -0.4 is 5.73 Å². The molecule has 0 radical (unpaired) electrons. The molecule has 2 heterocycles. The maximum absolute atomic E-state index is 5.97. The first kappa shape index (κ1) is 10.0. The molecule has 6 heteroatoms. The summed E-state index contributed by atoms with van der Waals surface area (Å²) in [5.41, 5.74) is 7.35. The minimum absolute atomic E-state index is 0.201. The summed E-state index contributed by atoms with van der Waals surface area (Å²) in [4.78, 5) is 8.09. The summed E-state index contributed by atoms with van der Waals surface area (Å²) in [6, 6.07) is 9.34. The Balaban J connectivity index is 2.30. The topological polar surface area (TPSA) is 69.1 Å². The van der Waals surface area contributed by atoms with Crippen LogP contribution in [-0.4, -0.2) is 19.6 Å². The lowest BCUT2D eigenvalue weighted by molar-refractivity contribution is 0.953. The molecule has 2 N–H and O–H groups in total. The Morgan fingerprint density at radius 2 is 2.12 bits per heavy atom. The van der Waals surface area contributed by atoms with Gasteiger partial charge in [-0.25, -0.2) is 4.98 Å². The van der Waals surface area contributed by atoms with Crippen molar-refractivity contribution in [3.8, 4) is 11.3 Å². The molecule has 0 aliphatic carbocycles. The molecule has 0 bridgehead atoms. The number of aromatic nitrogens is 4. The summed E-state index contributed by atoms with van der Waals surface area (Å²) in [6.45, 7) is 0. The van der Waals surface area contributed by atoms with Crippen molar-refractivity contribution < 1.29 is 0 Å². The SMILES string of the molecule is Nc1nc2nccc(-c3cccc(Cl)c3)n2n1. The zero-order valence-electron chi connectivity index (χ0n) is 8.71. The molecule has 17 heavy (non-hydrogen) atoms. The first-order valence-corrected chi connectivity index (χ1v) is 5.35. The Labute approximate surface area is 102 Å². The lowest BCUT2D eigenvalue weighted by atomic mass is 10.1. The standard InChI is InChI=1S/C11H8ClN5/c12-8-3-1-2-7(6-8)9-4-5-14-11-15-10(13)16-17(9)11/h1-6H,(H2,13,16). The van der Waals surface area contributed by atoms with Crippen molar-refractivity contribution in [1.82, 2.24) is 19.6 Å². The van der Waals surface area contributed by atoms with E-state index in [0.717, 1.165) is 11.3 Å². The van der Waals surface area contributed by atoms with Crippen LogP contribution in [0.4, 0.5) is 5.95 Å². The van der Waals surface area contributed by atoms with E-state index in [1.807, 2.05) is 30.3 Å². The summed E-state index contributed by atoms with van der Waals surface area (Å²) in [5, 5.41) is 4.76. The molecule has 1 aromatic carbocycles. The molecule has 84 valence electrons. The van der Waals surface area contributed by atoms with E-state index in [1.54, 1.807) is 10.7 Å². The average Bonchev–Trinajstić information content (AvgIpc) is 2.68. The van der Waals surface area contributed by atoms with Crippen LogP contribution in [0.15, 0.2) is 36.5 Å². The van der Waals surface area contributed by atoms with Crippen LogP contribution >= 0.6 is 11.6 Å². The van der Waals surface area contributed by atoms with Gasteiger partial charge in [-0.2, -0.15) is 9.50 Å². The van der Waals surface area contributed by atoms with Crippen LogP contribution in [0.1, 0.15) is 0 Å². The highest BCUT2D eigenvalue weighted by molar-refractivity contribution is 6.30. The third-order valence-electron chi connectivity index (χ3n) is 2.38. The van der Waals surface area contributed by atoms with Gasteiger partial charge in [0.05, 0.1) is 5.69 Å². The predicted molar refractivity (Wildman–Crippen MR) is 65.6 cm³/mol. The van der Waals surface area contributed by atoms with E-state index in [0.29, 0.717) is 10.8 Å². The lowest BCUT2D eigenvalue weighted by Crippen LogP contribution is -1.96. The number of halogens is 1. The Hall–Kier alpha value is -2.14. The largest absolute Gasteiger partial charge is 0.366 e. The van der Waals surface area contributed by atoms with E-state index in [-0.39, 0.29) is 5.95 Å². The quantitative estimate of drug-likeness (QED) is 0.712. The van der Waals surface area contributed by atoms with Crippen molar-refractivity contribution in [3.63, 3.8) is 0 Å². The highest BCUT2D eigenvalue weighted by Crippen LogP contribution is 2.22. The molecule has 5 nitrogen and oxygen atoms in total. The van der Waals surface area contributed by atoms with Gasteiger partial charge in [-0.3, -0.25) is 0 Å². The average molecular weight is 246 g/mol. The first-order valence-electron chi connectivity index (χ1n) is 4.97. The first-order chi connectivity index (χ1) is 8.24. The summed E-state index contributed by atoms with van der Waals surface area (Å²) in [7, 11) is 0. The minimum Gasteiger partial charge on any atom is -0.366 e. The summed E-state index contributed by atoms with van der Waals surface area (Å²) < 4.78 is 1.60. The monoisotopic (exact) mass is 245 g/mol. The van der Waals surface area contributed by atoms with Crippen LogP contribution in [0.2, 0.25) is 5.02 Å². The van der Waals surface area contributed by atoms with Gasteiger partial charge in [0, 0.05) is 16.8 Å². The molecule has 0 fully saturated rings. The van der Waals surface area contributed by atoms with Gasteiger partial charge in [-0.15, -0.1) is 5.10 Å². The summed E-state index contributed by atoms with van der Waals surface area (Å²) in [5.74, 6) is 0.673. The van der Waals surface area contributed by atoms with E-state index < -0.39 is 0 Å². The molecular weight excluding hydrogens is 238 g/mol. The van der Waals surface area contributed by atoms with E-state index >= 15 is 0 Å².